The summed E-state index contributed by atoms with van der Waals surface area (Å²) in [6.45, 7) is 2.83. The number of likely N-dealkylation sites (tertiary alicyclic amines) is 1. The molecule has 1 aliphatic heterocycles. The molecule has 22 heavy (non-hydrogen) atoms. The number of carboxylic acid groups (broad SMARTS) is 1. The van der Waals surface area contributed by atoms with E-state index in [4.69, 9.17) is 9.84 Å². The summed E-state index contributed by atoms with van der Waals surface area (Å²) in [7, 11) is 0. The number of esters is 1. The molecule has 1 aromatic carbocycles. The lowest BCUT2D eigenvalue weighted by Gasteiger charge is -2.13. The topological polar surface area (TPSA) is 78.9 Å². The lowest BCUT2D eigenvalue weighted by atomic mass is 10.1. The Bertz CT molecular complexity index is 492. The molecule has 0 spiro atoms. The summed E-state index contributed by atoms with van der Waals surface area (Å²) in [6, 6.07) is 9.56. The van der Waals surface area contributed by atoms with E-state index in [1.54, 1.807) is 0 Å². The molecule has 120 valence electrons. The average molecular weight is 306 g/mol. The van der Waals surface area contributed by atoms with Crippen LogP contribution in [0.3, 0.4) is 0 Å². The molecule has 0 saturated carbocycles. The van der Waals surface area contributed by atoms with Crippen molar-refractivity contribution in [2.45, 2.75) is 13.0 Å². The third-order valence-corrected chi connectivity index (χ3v) is 3.67. The number of carboxylic acids is 1. The second-order valence-corrected chi connectivity index (χ2v) is 5.56. The number of benzene rings is 1. The van der Waals surface area contributed by atoms with Gasteiger partial charge >= 0.3 is 11.9 Å². The van der Waals surface area contributed by atoms with Gasteiger partial charge in [0.15, 0.2) is 0 Å². The van der Waals surface area contributed by atoms with E-state index in [0.29, 0.717) is 12.5 Å². The second kappa shape index (κ2) is 8.51. The normalized spacial score (nSPS) is 18.3. The van der Waals surface area contributed by atoms with E-state index in [2.05, 4.69) is 5.32 Å². The molecule has 0 bridgehead atoms. The Hall–Kier alpha value is -1.92. The van der Waals surface area contributed by atoms with Crippen molar-refractivity contribution in [3.05, 3.63) is 35.9 Å². The van der Waals surface area contributed by atoms with Gasteiger partial charge < -0.3 is 15.2 Å². The molecular weight excluding hydrogens is 284 g/mol. The number of carbonyl (C=O) groups excluding carboxylic acids is 1. The van der Waals surface area contributed by atoms with Crippen molar-refractivity contribution in [2.75, 3.05) is 32.7 Å². The lowest BCUT2D eigenvalue weighted by molar-refractivity contribution is -0.143. The smallest absolute Gasteiger partial charge is 0.320 e. The van der Waals surface area contributed by atoms with Crippen LogP contribution >= 0.6 is 0 Å². The van der Waals surface area contributed by atoms with Gasteiger partial charge in [-0.3, -0.25) is 14.5 Å². The molecule has 1 fully saturated rings. The van der Waals surface area contributed by atoms with Gasteiger partial charge in [0.25, 0.3) is 0 Å². The maximum absolute atomic E-state index is 11.6. The highest BCUT2D eigenvalue weighted by molar-refractivity contribution is 5.71. The fraction of sp³-hybridized carbons (Fsp3) is 0.500. The fourth-order valence-corrected chi connectivity index (χ4v) is 2.58. The minimum Gasteiger partial charge on any atom is -0.480 e. The number of ether oxygens (including phenoxy) is 1. The SMILES string of the molecule is O=C(O)CN1CCC(CNCC(=O)OCc2ccccc2)C1. The quantitative estimate of drug-likeness (QED) is 0.689. The van der Waals surface area contributed by atoms with Crippen LogP contribution in [0.4, 0.5) is 0 Å². The summed E-state index contributed by atoms with van der Waals surface area (Å²) in [6.07, 6.45) is 0.958. The summed E-state index contributed by atoms with van der Waals surface area (Å²) < 4.78 is 5.18. The first-order chi connectivity index (χ1) is 10.6. The second-order valence-electron chi connectivity index (χ2n) is 5.56. The number of carbonyl (C=O) groups is 2. The molecule has 0 aromatic heterocycles. The molecule has 1 aromatic rings. The van der Waals surface area contributed by atoms with Gasteiger partial charge in [0.05, 0.1) is 13.1 Å². The predicted molar refractivity (Wildman–Crippen MR) is 81.3 cm³/mol. The van der Waals surface area contributed by atoms with Crippen LogP contribution < -0.4 is 5.32 Å². The first kappa shape index (κ1) is 16.5. The van der Waals surface area contributed by atoms with Crippen molar-refractivity contribution in [1.29, 1.82) is 0 Å². The Labute approximate surface area is 130 Å². The highest BCUT2D eigenvalue weighted by Gasteiger charge is 2.23. The largest absolute Gasteiger partial charge is 0.480 e. The van der Waals surface area contributed by atoms with Crippen LogP contribution in [0.2, 0.25) is 0 Å². The van der Waals surface area contributed by atoms with Crippen molar-refractivity contribution >= 4 is 11.9 Å². The zero-order valence-corrected chi connectivity index (χ0v) is 12.5. The Balaban J connectivity index is 1.57. The Morgan fingerprint density at radius 3 is 2.82 bits per heavy atom. The van der Waals surface area contributed by atoms with Crippen LogP contribution in [0, 0.1) is 5.92 Å². The average Bonchev–Trinajstić information content (AvgIpc) is 2.93. The minimum absolute atomic E-state index is 0.0929. The third-order valence-electron chi connectivity index (χ3n) is 3.67. The van der Waals surface area contributed by atoms with E-state index in [0.717, 1.165) is 25.1 Å². The zero-order valence-electron chi connectivity index (χ0n) is 12.5. The number of hydrogen-bond acceptors (Lipinski definition) is 5. The summed E-state index contributed by atoms with van der Waals surface area (Å²) in [5.74, 6) is -0.677. The van der Waals surface area contributed by atoms with Crippen molar-refractivity contribution in [2.24, 2.45) is 5.92 Å². The van der Waals surface area contributed by atoms with Crippen LogP contribution in [0.15, 0.2) is 30.3 Å². The summed E-state index contributed by atoms with van der Waals surface area (Å²) in [5, 5.41) is 11.8. The van der Waals surface area contributed by atoms with E-state index < -0.39 is 5.97 Å². The maximum Gasteiger partial charge on any atom is 0.320 e. The number of rotatable bonds is 8. The molecular formula is C16H22N2O4. The minimum atomic E-state index is -0.793. The van der Waals surface area contributed by atoms with Gasteiger partial charge in [0.1, 0.15) is 6.61 Å². The maximum atomic E-state index is 11.6. The van der Waals surface area contributed by atoms with E-state index in [1.807, 2.05) is 35.2 Å². The highest BCUT2D eigenvalue weighted by Crippen LogP contribution is 2.14. The first-order valence-electron chi connectivity index (χ1n) is 7.48. The molecule has 0 radical (unpaired) electrons. The Morgan fingerprint density at radius 1 is 1.32 bits per heavy atom. The fourth-order valence-electron chi connectivity index (χ4n) is 2.58. The Morgan fingerprint density at radius 2 is 2.09 bits per heavy atom. The van der Waals surface area contributed by atoms with Crippen molar-refractivity contribution in [3.8, 4) is 0 Å². The van der Waals surface area contributed by atoms with Crippen LogP contribution in [0.5, 0.6) is 0 Å². The standard InChI is InChI=1S/C16H22N2O4/c19-15(20)11-18-7-6-14(10-18)8-17-9-16(21)22-12-13-4-2-1-3-5-13/h1-5,14,17H,6-12H2,(H,19,20). The molecule has 0 aliphatic carbocycles. The van der Waals surface area contributed by atoms with Crippen molar-refractivity contribution in [1.82, 2.24) is 10.2 Å². The summed E-state index contributed by atoms with van der Waals surface area (Å²) in [5.41, 5.74) is 0.968. The van der Waals surface area contributed by atoms with Gasteiger partial charge in [0, 0.05) is 6.54 Å². The molecule has 1 aliphatic rings. The summed E-state index contributed by atoms with van der Waals surface area (Å²) >= 11 is 0. The van der Waals surface area contributed by atoms with Crippen LogP contribution in [0.25, 0.3) is 0 Å². The van der Waals surface area contributed by atoms with E-state index in [-0.39, 0.29) is 25.7 Å². The van der Waals surface area contributed by atoms with Gasteiger partial charge in [-0.1, -0.05) is 30.3 Å². The first-order valence-corrected chi connectivity index (χ1v) is 7.48. The molecule has 2 rings (SSSR count). The van der Waals surface area contributed by atoms with Crippen molar-refractivity contribution in [3.63, 3.8) is 0 Å². The predicted octanol–water partition coefficient (Wildman–Crippen LogP) is 0.726. The van der Waals surface area contributed by atoms with Gasteiger partial charge in [-0.25, -0.2) is 0 Å². The van der Waals surface area contributed by atoms with Crippen LogP contribution in [0.1, 0.15) is 12.0 Å². The molecule has 1 saturated heterocycles. The van der Waals surface area contributed by atoms with Gasteiger partial charge in [-0.05, 0) is 31.0 Å². The van der Waals surface area contributed by atoms with Crippen molar-refractivity contribution < 1.29 is 19.4 Å². The molecule has 1 unspecified atom stereocenters. The molecule has 6 heteroatoms. The molecule has 6 nitrogen and oxygen atoms in total. The van der Waals surface area contributed by atoms with E-state index in [1.165, 1.54) is 0 Å². The molecule has 0 amide bonds. The van der Waals surface area contributed by atoms with Crippen LogP contribution in [-0.4, -0.2) is 54.7 Å². The third kappa shape index (κ3) is 5.83. The zero-order chi connectivity index (χ0) is 15.8. The highest BCUT2D eigenvalue weighted by atomic mass is 16.5. The molecule has 1 heterocycles. The molecule has 1 atom stereocenters. The number of nitrogens with zero attached hydrogens (tertiary/aromatic N) is 1. The molecule has 2 N–H and O–H groups in total. The van der Waals surface area contributed by atoms with Gasteiger partial charge in [-0.15, -0.1) is 0 Å². The van der Waals surface area contributed by atoms with Gasteiger partial charge in [-0.2, -0.15) is 0 Å². The number of aliphatic carboxylic acids is 1. The Kier molecular flexibility index (Phi) is 6.36. The van der Waals surface area contributed by atoms with Crippen LogP contribution in [-0.2, 0) is 20.9 Å². The monoisotopic (exact) mass is 306 g/mol. The van der Waals surface area contributed by atoms with E-state index in [9.17, 15) is 9.59 Å². The van der Waals surface area contributed by atoms with Gasteiger partial charge in [0.2, 0.25) is 0 Å². The lowest BCUT2D eigenvalue weighted by Crippen LogP contribution is -2.32. The number of nitrogens with one attached hydrogen (secondary N) is 1. The summed E-state index contributed by atoms with van der Waals surface area (Å²) in [4.78, 5) is 24.2. The van der Waals surface area contributed by atoms with E-state index >= 15 is 0 Å². The number of hydrogen-bond donors (Lipinski definition) is 2.